The molecule has 1 aliphatic rings. The van der Waals surface area contributed by atoms with E-state index in [0.717, 1.165) is 47.8 Å². The van der Waals surface area contributed by atoms with Gasteiger partial charge in [-0.25, -0.2) is 4.98 Å². The van der Waals surface area contributed by atoms with E-state index < -0.39 is 0 Å². The molecule has 1 aromatic carbocycles. The first-order chi connectivity index (χ1) is 11.6. The lowest BCUT2D eigenvalue weighted by Gasteiger charge is -2.28. The molecule has 0 aliphatic heterocycles. The second kappa shape index (κ2) is 7.21. The van der Waals surface area contributed by atoms with Crippen molar-refractivity contribution in [2.75, 3.05) is 19.0 Å². The monoisotopic (exact) mass is 345 g/mol. The maximum atomic E-state index is 12.5. The van der Waals surface area contributed by atoms with Gasteiger partial charge in [0.2, 0.25) is 5.91 Å². The molecule has 1 fully saturated rings. The van der Waals surface area contributed by atoms with Crippen molar-refractivity contribution in [2.45, 2.75) is 38.1 Å². The highest BCUT2D eigenvalue weighted by molar-refractivity contribution is 7.09. The largest absolute Gasteiger partial charge is 0.495 e. The highest BCUT2D eigenvalue weighted by Crippen LogP contribution is 2.40. The molecular formula is C18H23N3O2S. The third-order valence-electron chi connectivity index (χ3n) is 4.41. The van der Waals surface area contributed by atoms with E-state index in [2.05, 4.69) is 21.0 Å². The number of methoxy groups -OCH3 is 1. The number of benzene rings is 1. The molecule has 1 aromatic heterocycles. The minimum atomic E-state index is -0.293. The number of anilines is 1. The molecule has 2 N–H and O–H groups in total. The maximum absolute atomic E-state index is 12.5. The number of carbonyl (C=O) groups excluding carboxylic acids is 1. The van der Waals surface area contributed by atoms with Gasteiger partial charge < -0.3 is 15.4 Å². The summed E-state index contributed by atoms with van der Waals surface area (Å²) in [5, 5.41) is 9.47. The van der Waals surface area contributed by atoms with Gasteiger partial charge in [0, 0.05) is 11.1 Å². The number of para-hydroxylation sites is 2. The number of hydrogen-bond donors (Lipinski definition) is 2. The van der Waals surface area contributed by atoms with E-state index >= 15 is 0 Å². The number of nitrogens with zero attached hydrogens (tertiary/aromatic N) is 1. The number of carbonyl (C=O) groups is 1. The van der Waals surface area contributed by atoms with E-state index in [9.17, 15) is 4.79 Å². The molecule has 1 heterocycles. The van der Waals surface area contributed by atoms with Crippen molar-refractivity contribution in [1.82, 2.24) is 10.3 Å². The SMILES string of the molecule is COc1ccccc1NCC(=O)NC1(c2nc(C)cs2)CCCC1. The predicted octanol–water partition coefficient (Wildman–Crippen LogP) is 3.46. The van der Waals surface area contributed by atoms with E-state index in [4.69, 9.17) is 4.74 Å². The third kappa shape index (κ3) is 3.53. The Bertz CT molecular complexity index is 708. The number of hydrogen-bond acceptors (Lipinski definition) is 5. The van der Waals surface area contributed by atoms with Gasteiger partial charge in [0.25, 0.3) is 0 Å². The van der Waals surface area contributed by atoms with Crippen LogP contribution in [0.15, 0.2) is 29.6 Å². The topological polar surface area (TPSA) is 63.2 Å². The predicted molar refractivity (Wildman–Crippen MR) is 96.6 cm³/mol. The Morgan fingerprint density at radius 1 is 1.33 bits per heavy atom. The summed E-state index contributed by atoms with van der Waals surface area (Å²) in [5.74, 6) is 0.715. The Balaban J connectivity index is 1.66. The second-order valence-electron chi connectivity index (χ2n) is 6.19. The average molecular weight is 345 g/mol. The van der Waals surface area contributed by atoms with Crippen LogP contribution >= 0.6 is 11.3 Å². The van der Waals surface area contributed by atoms with E-state index in [1.807, 2.05) is 31.2 Å². The minimum absolute atomic E-state index is 0.0179. The Morgan fingerprint density at radius 3 is 2.75 bits per heavy atom. The Hall–Kier alpha value is -2.08. The van der Waals surface area contributed by atoms with Crippen LogP contribution < -0.4 is 15.4 Å². The van der Waals surface area contributed by atoms with E-state index in [1.165, 1.54) is 0 Å². The molecule has 3 rings (SSSR count). The first-order valence-electron chi connectivity index (χ1n) is 8.23. The van der Waals surface area contributed by atoms with Gasteiger partial charge >= 0.3 is 0 Å². The Labute approximate surface area is 146 Å². The fourth-order valence-electron chi connectivity index (χ4n) is 3.22. The number of ether oxygens (including phenoxy) is 1. The van der Waals surface area contributed by atoms with Gasteiger partial charge in [-0.15, -0.1) is 11.3 Å². The van der Waals surface area contributed by atoms with Crippen molar-refractivity contribution < 1.29 is 9.53 Å². The van der Waals surface area contributed by atoms with Crippen LogP contribution in [0.3, 0.4) is 0 Å². The summed E-state index contributed by atoms with van der Waals surface area (Å²) in [7, 11) is 1.62. The van der Waals surface area contributed by atoms with Crippen molar-refractivity contribution in [3.63, 3.8) is 0 Å². The maximum Gasteiger partial charge on any atom is 0.240 e. The molecule has 0 spiro atoms. The molecule has 128 valence electrons. The zero-order valence-electron chi connectivity index (χ0n) is 14.1. The van der Waals surface area contributed by atoms with Gasteiger partial charge in [0.15, 0.2) is 0 Å². The summed E-state index contributed by atoms with van der Waals surface area (Å²) in [5.41, 5.74) is 1.54. The summed E-state index contributed by atoms with van der Waals surface area (Å²) in [6.07, 6.45) is 4.17. The number of rotatable bonds is 6. The molecule has 24 heavy (non-hydrogen) atoms. The van der Waals surface area contributed by atoms with Gasteiger partial charge in [-0.3, -0.25) is 4.79 Å². The molecule has 5 nitrogen and oxygen atoms in total. The van der Waals surface area contributed by atoms with Gasteiger partial charge in [-0.1, -0.05) is 25.0 Å². The normalized spacial score (nSPS) is 15.9. The van der Waals surface area contributed by atoms with Gasteiger partial charge in [0.05, 0.1) is 24.9 Å². The molecule has 0 saturated heterocycles. The number of aryl methyl sites for hydroxylation is 1. The second-order valence-corrected chi connectivity index (χ2v) is 7.04. The van der Waals surface area contributed by atoms with Crippen molar-refractivity contribution >= 4 is 22.9 Å². The van der Waals surface area contributed by atoms with Crippen molar-refractivity contribution in [1.29, 1.82) is 0 Å². The third-order valence-corrected chi connectivity index (χ3v) is 5.57. The summed E-state index contributed by atoms with van der Waals surface area (Å²) in [6, 6.07) is 7.60. The highest BCUT2D eigenvalue weighted by atomic mass is 32.1. The van der Waals surface area contributed by atoms with E-state index in [-0.39, 0.29) is 18.0 Å². The van der Waals surface area contributed by atoms with Gasteiger partial charge in [-0.2, -0.15) is 0 Å². The fraction of sp³-hybridized carbons (Fsp3) is 0.444. The van der Waals surface area contributed by atoms with E-state index in [0.29, 0.717) is 0 Å². The summed E-state index contributed by atoms with van der Waals surface area (Å²) < 4.78 is 5.30. The summed E-state index contributed by atoms with van der Waals surface area (Å²) in [6.45, 7) is 2.21. The molecule has 0 atom stereocenters. The van der Waals surface area contributed by atoms with Crippen molar-refractivity contribution in [2.24, 2.45) is 0 Å². The van der Waals surface area contributed by atoms with Crippen LogP contribution in [0.1, 0.15) is 36.4 Å². The molecule has 1 saturated carbocycles. The van der Waals surface area contributed by atoms with Crippen LogP contribution in [0.25, 0.3) is 0 Å². The average Bonchev–Trinajstić information content (AvgIpc) is 3.23. The zero-order chi connectivity index (χ0) is 17.0. The van der Waals surface area contributed by atoms with Crippen LogP contribution in [0.2, 0.25) is 0 Å². The molecule has 0 unspecified atom stereocenters. The van der Waals surface area contributed by atoms with Gasteiger partial charge in [0.1, 0.15) is 10.8 Å². The van der Waals surface area contributed by atoms with Crippen LogP contribution in [-0.2, 0) is 10.3 Å². The van der Waals surface area contributed by atoms with Crippen LogP contribution in [0.4, 0.5) is 5.69 Å². The van der Waals surface area contributed by atoms with Crippen molar-refractivity contribution in [3.8, 4) is 5.75 Å². The zero-order valence-corrected chi connectivity index (χ0v) is 14.9. The summed E-state index contributed by atoms with van der Waals surface area (Å²) in [4.78, 5) is 17.1. The first-order valence-corrected chi connectivity index (χ1v) is 9.11. The minimum Gasteiger partial charge on any atom is -0.495 e. The molecular weight excluding hydrogens is 322 g/mol. The molecule has 1 aliphatic carbocycles. The lowest BCUT2D eigenvalue weighted by molar-refractivity contribution is -0.121. The van der Waals surface area contributed by atoms with E-state index in [1.54, 1.807) is 18.4 Å². The van der Waals surface area contributed by atoms with Gasteiger partial charge in [-0.05, 0) is 31.9 Å². The molecule has 1 amide bonds. The Morgan fingerprint density at radius 2 is 2.08 bits per heavy atom. The standard InChI is InChI=1S/C18H23N3O2S/c1-13-12-24-17(20-13)18(9-5-6-10-18)21-16(22)11-19-14-7-3-4-8-15(14)23-2/h3-4,7-8,12,19H,5-6,9-11H2,1-2H3,(H,21,22). The summed E-state index contributed by atoms with van der Waals surface area (Å²) >= 11 is 1.64. The number of amides is 1. The lowest BCUT2D eigenvalue weighted by atomic mass is 9.98. The molecule has 2 aromatic rings. The lowest BCUT2D eigenvalue weighted by Crippen LogP contribution is -2.46. The molecule has 6 heteroatoms. The molecule has 0 radical (unpaired) electrons. The number of thiazole rings is 1. The number of aromatic nitrogens is 1. The van der Waals surface area contributed by atoms with Crippen LogP contribution in [0, 0.1) is 6.92 Å². The van der Waals surface area contributed by atoms with Crippen molar-refractivity contribution in [3.05, 3.63) is 40.3 Å². The Kier molecular flexibility index (Phi) is 5.04. The number of nitrogens with one attached hydrogen (secondary N) is 2. The van der Waals surface area contributed by atoms with Crippen LogP contribution in [-0.4, -0.2) is 24.5 Å². The highest BCUT2D eigenvalue weighted by Gasteiger charge is 2.39. The molecule has 0 bridgehead atoms. The first kappa shape index (κ1) is 16.8. The smallest absolute Gasteiger partial charge is 0.240 e. The fourth-order valence-corrected chi connectivity index (χ4v) is 4.23. The van der Waals surface area contributed by atoms with Crippen LogP contribution in [0.5, 0.6) is 5.75 Å². The quantitative estimate of drug-likeness (QED) is 0.842.